The van der Waals surface area contributed by atoms with Crippen molar-refractivity contribution in [1.29, 1.82) is 0 Å². The molecule has 2 aliphatic rings. The maximum Gasteiger partial charge on any atom is 0.153 e. The lowest BCUT2D eigenvalue weighted by atomic mass is 9.94. The number of aromatic nitrogens is 2. The molecule has 3 atom stereocenters. The van der Waals surface area contributed by atoms with Crippen LogP contribution in [0.25, 0.3) is 11.0 Å². The molecule has 1 saturated heterocycles. The smallest absolute Gasteiger partial charge is 0.153 e. The minimum absolute atomic E-state index is 0.155. The number of imidazole rings is 1. The van der Waals surface area contributed by atoms with E-state index >= 15 is 0 Å². The molecule has 4 rings (SSSR count). The molecule has 0 radical (unpaired) electrons. The molecule has 0 spiro atoms. The minimum atomic E-state index is -0.599. The minimum Gasteiger partial charge on any atom is -0.340 e. The lowest BCUT2D eigenvalue weighted by Gasteiger charge is -2.15. The summed E-state index contributed by atoms with van der Waals surface area (Å²) in [7, 11) is 0. The molecule has 0 bridgehead atoms. The van der Waals surface area contributed by atoms with Crippen molar-refractivity contribution in [2.75, 3.05) is 6.54 Å². The van der Waals surface area contributed by atoms with Crippen LogP contribution in [0.1, 0.15) is 31.1 Å². The summed E-state index contributed by atoms with van der Waals surface area (Å²) < 4.78 is 26.9. The van der Waals surface area contributed by atoms with Crippen LogP contribution in [0, 0.1) is 23.5 Å². The average molecular weight is 263 g/mol. The van der Waals surface area contributed by atoms with Crippen LogP contribution in [0.3, 0.4) is 0 Å². The van der Waals surface area contributed by atoms with E-state index in [1.165, 1.54) is 25.3 Å². The zero-order valence-corrected chi connectivity index (χ0v) is 10.4. The third-order valence-electron chi connectivity index (χ3n) is 4.56. The van der Waals surface area contributed by atoms with E-state index in [1.54, 1.807) is 0 Å². The normalized spacial score (nSPS) is 30.1. The van der Waals surface area contributed by atoms with Gasteiger partial charge in [0.15, 0.2) is 5.82 Å². The van der Waals surface area contributed by atoms with E-state index in [2.05, 4.69) is 15.3 Å². The summed E-state index contributed by atoms with van der Waals surface area (Å²) in [6.07, 6.45) is 3.71. The van der Waals surface area contributed by atoms with E-state index < -0.39 is 11.6 Å². The van der Waals surface area contributed by atoms with Gasteiger partial charge in [0, 0.05) is 6.07 Å². The van der Waals surface area contributed by atoms with Gasteiger partial charge < -0.3 is 10.3 Å². The highest BCUT2D eigenvalue weighted by Crippen LogP contribution is 2.43. The van der Waals surface area contributed by atoms with Gasteiger partial charge in [-0.2, -0.15) is 0 Å². The summed E-state index contributed by atoms with van der Waals surface area (Å²) in [5, 5.41) is 3.46. The van der Waals surface area contributed by atoms with Crippen LogP contribution in [0.15, 0.2) is 12.1 Å². The van der Waals surface area contributed by atoms with Gasteiger partial charge in [-0.15, -0.1) is 0 Å². The molecule has 1 aromatic carbocycles. The van der Waals surface area contributed by atoms with E-state index in [4.69, 9.17) is 0 Å². The average Bonchev–Trinajstić information content (AvgIpc) is 2.99. The third-order valence-corrected chi connectivity index (χ3v) is 4.56. The summed E-state index contributed by atoms with van der Waals surface area (Å²) in [6.45, 7) is 1.00. The van der Waals surface area contributed by atoms with Gasteiger partial charge in [-0.3, -0.25) is 0 Å². The number of benzene rings is 1. The van der Waals surface area contributed by atoms with Crippen LogP contribution in [0.4, 0.5) is 8.78 Å². The molecule has 2 N–H and O–H groups in total. The van der Waals surface area contributed by atoms with E-state index in [9.17, 15) is 8.78 Å². The van der Waals surface area contributed by atoms with Crippen LogP contribution in [-0.4, -0.2) is 16.5 Å². The maximum atomic E-state index is 13.7. The zero-order valence-electron chi connectivity index (χ0n) is 10.4. The van der Waals surface area contributed by atoms with Gasteiger partial charge in [0.2, 0.25) is 0 Å². The molecule has 3 nitrogen and oxygen atoms in total. The molecule has 1 aromatic heterocycles. The molecule has 0 amide bonds. The van der Waals surface area contributed by atoms with Crippen LogP contribution in [0.2, 0.25) is 0 Å². The third kappa shape index (κ3) is 1.68. The molecule has 2 heterocycles. The van der Waals surface area contributed by atoms with Crippen LogP contribution < -0.4 is 5.32 Å². The highest BCUT2D eigenvalue weighted by atomic mass is 19.1. The number of nitrogens with one attached hydrogen (secondary N) is 2. The lowest BCUT2D eigenvalue weighted by Crippen LogP contribution is -2.19. The van der Waals surface area contributed by atoms with Crippen molar-refractivity contribution in [2.24, 2.45) is 11.8 Å². The van der Waals surface area contributed by atoms with Crippen molar-refractivity contribution in [1.82, 2.24) is 15.3 Å². The summed E-state index contributed by atoms with van der Waals surface area (Å²) in [6, 6.07) is 2.34. The van der Waals surface area contributed by atoms with E-state index in [0.717, 1.165) is 18.4 Å². The number of fused-ring (bicyclic) bond motifs is 2. The van der Waals surface area contributed by atoms with Gasteiger partial charge in [0.1, 0.15) is 17.2 Å². The fourth-order valence-corrected chi connectivity index (χ4v) is 3.70. The quantitative estimate of drug-likeness (QED) is 0.830. The standard InChI is InChI=1S/C14H15F2N3/c15-8-4-10(16)13-11(5-8)18-14(19-13)12-9-3-1-2-7(9)6-17-12/h4-5,7,9,12,17H,1-3,6H2,(H,18,19). The summed E-state index contributed by atoms with van der Waals surface area (Å²) in [5.41, 5.74) is 0.676. The lowest BCUT2D eigenvalue weighted by molar-refractivity contribution is 0.410. The Morgan fingerprint density at radius 2 is 2.11 bits per heavy atom. The van der Waals surface area contributed by atoms with Crippen LogP contribution in [0.5, 0.6) is 0 Å². The van der Waals surface area contributed by atoms with Crippen LogP contribution >= 0.6 is 0 Å². The van der Waals surface area contributed by atoms with Crippen molar-refractivity contribution in [3.8, 4) is 0 Å². The van der Waals surface area contributed by atoms with Gasteiger partial charge in [-0.05, 0) is 37.3 Å². The van der Waals surface area contributed by atoms with Crippen molar-refractivity contribution in [2.45, 2.75) is 25.3 Å². The highest BCUT2D eigenvalue weighted by molar-refractivity contribution is 5.75. The molecular weight excluding hydrogens is 248 g/mol. The molecule has 2 fully saturated rings. The number of hydrogen-bond acceptors (Lipinski definition) is 2. The Balaban J connectivity index is 1.77. The fraction of sp³-hybridized carbons (Fsp3) is 0.500. The van der Waals surface area contributed by atoms with Gasteiger partial charge in [-0.25, -0.2) is 13.8 Å². The second kappa shape index (κ2) is 4.00. The van der Waals surface area contributed by atoms with Crippen LogP contribution in [-0.2, 0) is 0 Å². The van der Waals surface area contributed by atoms with Crippen molar-refractivity contribution in [3.63, 3.8) is 0 Å². The summed E-state index contributed by atoms with van der Waals surface area (Å²) >= 11 is 0. The van der Waals surface area contributed by atoms with Crippen molar-refractivity contribution in [3.05, 3.63) is 29.6 Å². The molecule has 2 aromatic rings. The first-order valence-corrected chi connectivity index (χ1v) is 6.80. The predicted molar refractivity (Wildman–Crippen MR) is 67.6 cm³/mol. The first-order valence-electron chi connectivity index (χ1n) is 6.80. The Bertz CT molecular complexity index is 637. The Labute approximate surface area is 109 Å². The molecular formula is C14H15F2N3. The molecule has 1 aliphatic carbocycles. The number of aromatic amines is 1. The molecule has 1 saturated carbocycles. The topological polar surface area (TPSA) is 40.7 Å². The SMILES string of the molecule is Fc1cc(F)c2nc(C3NCC4CCCC43)[nH]c2c1. The number of hydrogen-bond donors (Lipinski definition) is 2. The fourth-order valence-electron chi connectivity index (χ4n) is 3.70. The monoisotopic (exact) mass is 263 g/mol. The molecule has 3 unspecified atom stereocenters. The largest absolute Gasteiger partial charge is 0.340 e. The van der Waals surface area contributed by atoms with E-state index in [0.29, 0.717) is 17.4 Å². The zero-order chi connectivity index (χ0) is 13.0. The number of halogens is 2. The number of rotatable bonds is 1. The Morgan fingerprint density at radius 3 is 3.00 bits per heavy atom. The van der Waals surface area contributed by atoms with Gasteiger partial charge >= 0.3 is 0 Å². The second-order valence-corrected chi connectivity index (χ2v) is 5.65. The molecule has 19 heavy (non-hydrogen) atoms. The maximum absolute atomic E-state index is 13.7. The Hall–Kier alpha value is -1.49. The summed E-state index contributed by atoms with van der Waals surface area (Å²) in [4.78, 5) is 7.41. The molecule has 5 heteroatoms. The van der Waals surface area contributed by atoms with E-state index in [1.807, 2.05) is 0 Å². The van der Waals surface area contributed by atoms with E-state index in [-0.39, 0.29) is 11.6 Å². The number of nitrogens with zero attached hydrogens (tertiary/aromatic N) is 1. The van der Waals surface area contributed by atoms with Gasteiger partial charge in [-0.1, -0.05) is 6.42 Å². The summed E-state index contributed by atoms with van der Waals surface area (Å²) in [5.74, 6) is 0.860. The Kier molecular flexibility index (Phi) is 2.39. The van der Waals surface area contributed by atoms with Crippen molar-refractivity contribution < 1.29 is 8.78 Å². The van der Waals surface area contributed by atoms with Gasteiger partial charge in [0.25, 0.3) is 0 Å². The van der Waals surface area contributed by atoms with Gasteiger partial charge in [0.05, 0.1) is 11.6 Å². The molecule has 100 valence electrons. The predicted octanol–water partition coefficient (Wildman–Crippen LogP) is 2.90. The first kappa shape index (κ1) is 11.3. The molecule has 1 aliphatic heterocycles. The second-order valence-electron chi connectivity index (χ2n) is 5.65. The highest BCUT2D eigenvalue weighted by Gasteiger charge is 2.41. The Morgan fingerprint density at radius 1 is 1.21 bits per heavy atom. The number of H-pyrrole nitrogens is 1. The van der Waals surface area contributed by atoms with Crippen molar-refractivity contribution >= 4 is 11.0 Å². The first-order chi connectivity index (χ1) is 9.22.